The predicted octanol–water partition coefficient (Wildman–Crippen LogP) is 1.33. The Hall–Kier alpha value is -2.06. The molecular formula is C14H19N3O2. The lowest BCUT2D eigenvalue weighted by Crippen LogP contribution is -2.27. The van der Waals surface area contributed by atoms with Crippen LogP contribution in [0, 0.1) is 11.3 Å². The van der Waals surface area contributed by atoms with Crippen molar-refractivity contribution in [3.8, 4) is 11.8 Å². The second-order valence-corrected chi connectivity index (χ2v) is 4.25. The molecule has 1 aromatic rings. The molecule has 0 aliphatic carbocycles. The highest BCUT2D eigenvalue weighted by molar-refractivity contribution is 5.75. The van der Waals surface area contributed by atoms with E-state index in [1.165, 1.54) is 0 Å². The van der Waals surface area contributed by atoms with Crippen molar-refractivity contribution in [2.75, 3.05) is 6.61 Å². The Bertz CT molecular complexity index is 437. The van der Waals surface area contributed by atoms with Crippen LogP contribution >= 0.6 is 0 Å². The van der Waals surface area contributed by atoms with E-state index in [0.29, 0.717) is 18.7 Å². The average Bonchev–Trinajstić information content (AvgIpc) is 2.42. The lowest BCUT2D eigenvalue weighted by molar-refractivity contribution is -0.119. The Morgan fingerprint density at radius 3 is 2.68 bits per heavy atom. The second-order valence-electron chi connectivity index (χ2n) is 4.25. The van der Waals surface area contributed by atoms with Crippen LogP contribution in [0.2, 0.25) is 0 Å². The summed E-state index contributed by atoms with van der Waals surface area (Å²) >= 11 is 0. The predicted molar refractivity (Wildman–Crippen MR) is 72.3 cm³/mol. The van der Waals surface area contributed by atoms with Crippen molar-refractivity contribution in [1.82, 2.24) is 5.32 Å². The fourth-order valence-electron chi connectivity index (χ4n) is 1.59. The molecular weight excluding hydrogens is 242 g/mol. The maximum absolute atomic E-state index is 10.6. The number of ether oxygens (including phenoxy) is 1. The van der Waals surface area contributed by atoms with E-state index in [9.17, 15) is 4.79 Å². The van der Waals surface area contributed by atoms with Gasteiger partial charge in [0.1, 0.15) is 5.75 Å². The third-order valence-corrected chi connectivity index (χ3v) is 2.73. The smallest absolute Gasteiger partial charge is 0.255 e. The number of carbonyl (C=O) groups is 1. The Morgan fingerprint density at radius 1 is 1.47 bits per heavy atom. The van der Waals surface area contributed by atoms with Crippen molar-refractivity contribution in [2.24, 2.45) is 5.73 Å². The number of benzene rings is 1. The summed E-state index contributed by atoms with van der Waals surface area (Å²) in [6, 6.07) is 9.82. The summed E-state index contributed by atoms with van der Waals surface area (Å²) in [5, 5.41) is 12.0. The lowest BCUT2D eigenvalue weighted by Gasteiger charge is -2.13. The van der Waals surface area contributed by atoms with Crippen LogP contribution in [0.5, 0.6) is 5.75 Å². The Labute approximate surface area is 113 Å². The molecule has 1 rings (SSSR count). The summed E-state index contributed by atoms with van der Waals surface area (Å²) in [6.07, 6.45) is 1.43. The minimum absolute atomic E-state index is 0.113. The maximum Gasteiger partial charge on any atom is 0.255 e. The van der Waals surface area contributed by atoms with Crippen LogP contribution in [0.25, 0.3) is 0 Å². The molecule has 19 heavy (non-hydrogen) atoms. The standard InChI is InChI=1S/C14H19N3O2/c1-2-12(7-8-15)17-9-11-3-5-13(6-4-11)19-10-14(16)18/h3-6,12,17H,2,7,9-10H2,1H3,(H2,16,18). The van der Waals surface area contributed by atoms with Gasteiger partial charge in [0, 0.05) is 12.6 Å². The maximum atomic E-state index is 10.6. The third kappa shape index (κ3) is 5.89. The van der Waals surface area contributed by atoms with Gasteiger partial charge in [-0.3, -0.25) is 4.79 Å². The van der Waals surface area contributed by atoms with Crippen molar-refractivity contribution in [3.63, 3.8) is 0 Å². The highest BCUT2D eigenvalue weighted by Gasteiger charge is 2.04. The van der Waals surface area contributed by atoms with E-state index in [0.717, 1.165) is 12.0 Å². The Morgan fingerprint density at radius 2 is 2.16 bits per heavy atom. The number of nitrogens with one attached hydrogen (secondary N) is 1. The number of nitrogens with two attached hydrogens (primary N) is 1. The van der Waals surface area contributed by atoms with Gasteiger partial charge in [0.25, 0.3) is 5.91 Å². The zero-order chi connectivity index (χ0) is 14.1. The van der Waals surface area contributed by atoms with Gasteiger partial charge in [-0.15, -0.1) is 0 Å². The van der Waals surface area contributed by atoms with Crippen LogP contribution in [0.3, 0.4) is 0 Å². The zero-order valence-corrected chi connectivity index (χ0v) is 11.1. The van der Waals surface area contributed by atoms with E-state index >= 15 is 0 Å². The third-order valence-electron chi connectivity index (χ3n) is 2.73. The van der Waals surface area contributed by atoms with Gasteiger partial charge in [-0.2, -0.15) is 5.26 Å². The molecule has 0 heterocycles. The molecule has 0 saturated carbocycles. The molecule has 102 valence electrons. The van der Waals surface area contributed by atoms with Gasteiger partial charge in [-0.05, 0) is 24.1 Å². The molecule has 1 aromatic carbocycles. The number of hydrogen-bond acceptors (Lipinski definition) is 4. The lowest BCUT2D eigenvalue weighted by atomic mass is 10.1. The van der Waals surface area contributed by atoms with Crippen molar-refractivity contribution >= 4 is 5.91 Å². The SMILES string of the molecule is CCC(CC#N)NCc1ccc(OCC(N)=O)cc1. The molecule has 0 bridgehead atoms. The number of primary amides is 1. The molecule has 3 N–H and O–H groups in total. The molecule has 0 saturated heterocycles. The number of carbonyl (C=O) groups excluding carboxylic acids is 1. The van der Waals surface area contributed by atoms with Crippen molar-refractivity contribution < 1.29 is 9.53 Å². The molecule has 1 amide bonds. The summed E-state index contributed by atoms with van der Waals surface area (Å²) in [5.74, 6) is 0.125. The molecule has 0 aliphatic rings. The van der Waals surface area contributed by atoms with Gasteiger partial charge in [0.2, 0.25) is 0 Å². The largest absolute Gasteiger partial charge is 0.484 e. The molecule has 0 aliphatic heterocycles. The van der Waals surface area contributed by atoms with Gasteiger partial charge in [-0.1, -0.05) is 19.1 Å². The first-order valence-corrected chi connectivity index (χ1v) is 6.26. The number of rotatable bonds is 8. The summed E-state index contributed by atoms with van der Waals surface area (Å²) in [6.45, 7) is 2.64. The van der Waals surface area contributed by atoms with Crippen molar-refractivity contribution in [1.29, 1.82) is 5.26 Å². The monoisotopic (exact) mass is 261 g/mol. The molecule has 0 aromatic heterocycles. The first-order chi connectivity index (χ1) is 9.15. The van der Waals surface area contributed by atoms with E-state index in [1.807, 2.05) is 12.1 Å². The molecule has 5 heteroatoms. The highest BCUT2D eigenvalue weighted by Crippen LogP contribution is 2.12. The second kappa shape index (κ2) is 8.11. The Kier molecular flexibility index (Phi) is 6.41. The van der Waals surface area contributed by atoms with Crippen LogP contribution < -0.4 is 15.8 Å². The first kappa shape index (κ1) is 15.0. The fraction of sp³-hybridized carbons (Fsp3) is 0.429. The average molecular weight is 261 g/mol. The van der Waals surface area contributed by atoms with E-state index < -0.39 is 5.91 Å². The van der Waals surface area contributed by atoms with Crippen LogP contribution in [-0.2, 0) is 11.3 Å². The molecule has 0 spiro atoms. The van der Waals surface area contributed by atoms with Crippen molar-refractivity contribution in [3.05, 3.63) is 29.8 Å². The topological polar surface area (TPSA) is 88.1 Å². The fourth-order valence-corrected chi connectivity index (χ4v) is 1.59. The van der Waals surface area contributed by atoms with E-state index in [4.69, 9.17) is 15.7 Å². The van der Waals surface area contributed by atoms with Crippen LogP contribution in [0.15, 0.2) is 24.3 Å². The zero-order valence-electron chi connectivity index (χ0n) is 11.1. The number of amides is 1. The summed E-state index contributed by atoms with van der Waals surface area (Å²) in [7, 11) is 0. The van der Waals surface area contributed by atoms with Gasteiger partial charge < -0.3 is 15.8 Å². The van der Waals surface area contributed by atoms with Crippen LogP contribution in [-0.4, -0.2) is 18.6 Å². The van der Waals surface area contributed by atoms with Crippen LogP contribution in [0.4, 0.5) is 0 Å². The molecule has 0 radical (unpaired) electrons. The van der Waals surface area contributed by atoms with E-state index in [-0.39, 0.29) is 12.6 Å². The molecule has 5 nitrogen and oxygen atoms in total. The minimum atomic E-state index is -0.493. The minimum Gasteiger partial charge on any atom is -0.484 e. The quantitative estimate of drug-likeness (QED) is 0.739. The van der Waals surface area contributed by atoms with Gasteiger partial charge in [0.15, 0.2) is 6.61 Å². The van der Waals surface area contributed by atoms with Crippen LogP contribution in [0.1, 0.15) is 25.3 Å². The summed E-state index contributed by atoms with van der Waals surface area (Å²) in [4.78, 5) is 10.6. The Balaban J connectivity index is 2.43. The highest BCUT2D eigenvalue weighted by atomic mass is 16.5. The molecule has 1 unspecified atom stereocenters. The van der Waals surface area contributed by atoms with E-state index in [2.05, 4.69) is 18.3 Å². The number of nitriles is 1. The summed E-state index contributed by atoms with van der Waals surface area (Å²) in [5.41, 5.74) is 6.09. The van der Waals surface area contributed by atoms with Crippen molar-refractivity contribution in [2.45, 2.75) is 32.4 Å². The van der Waals surface area contributed by atoms with E-state index in [1.54, 1.807) is 12.1 Å². The van der Waals surface area contributed by atoms with Gasteiger partial charge >= 0.3 is 0 Å². The number of nitrogens with zero attached hydrogens (tertiary/aromatic N) is 1. The molecule has 1 atom stereocenters. The number of hydrogen-bond donors (Lipinski definition) is 2. The normalized spacial score (nSPS) is 11.6. The van der Waals surface area contributed by atoms with Gasteiger partial charge in [-0.25, -0.2) is 0 Å². The first-order valence-electron chi connectivity index (χ1n) is 6.26. The molecule has 0 fully saturated rings. The summed E-state index contributed by atoms with van der Waals surface area (Å²) < 4.78 is 5.17. The van der Waals surface area contributed by atoms with Gasteiger partial charge in [0.05, 0.1) is 12.5 Å².